The van der Waals surface area contributed by atoms with E-state index in [1.54, 1.807) is 12.4 Å². The number of rotatable bonds is 10. The van der Waals surface area contributed by atoms with Crippen molar-refractivity contribution in [3.63, 3.8) is 0 Å². The zero-order valence-corrected chi connectivity index (χ0v) is 22.0. The molecule has 186 valence electrons. The third-order valence-corrected chi connectivity index (χ3v) is 4.71. The zero-order valence-electron chi connectivity index (χ0n) is 22.0. The van der Waals surface area contributed by atoms with Crippen molar-refractivity contribution in [3.05, 3.63) is 48.7 Å². The summed E-state index contributed by atoms with van der Waals surface area (Å²) in [6, 6.07) is 3.75. The predicted molar refractivity (Wildman–Crippen MR) is 145 cm³/mol. The zero-order chi connectivity index (χ0) is 25.3. The van der Waals surface area contributed by atoms with Crippen LogP contribution in [0.3, 0.4) is 0 Å². The summed E-state index contributed by atoms with van der Waals surface area (Å²) in [6.07, 6.45) is 11.1. The molecule has 0 aromatic carbocycles. The van der Waals surface area contributed by atoms with Crippen molar-refractivity contribution in [1.82, 2.24) is 24.3 Å². The van der Waals surface area contributed by atoms with E-state index in [0.29, 0.717) is 18.3 Å². The molecule has 3 aromatic rings. The Kier molecular flexibility index (Phi) is 13.9. The molecular weight excluding hydrogens is 426 g/mol. The molecule has 34 heavy (non-hydrogen) atoms. The average Bonchev–Trinajstić information content (AvgIpc) is 3.32. The van der Waals surface area contributed by atoms with Crippen molar-refractivity contribution in [3.8, 4) is 5.88 Å². The van der Waals surface area contributed by atoms with Gasteiger partial charge in [-0.25, -0.2) is 15.0 Å². The molecule has 0 amide bonds. The fourth-order valence-electron chi connectivity index (χ4n) is 2.87. The van der Waals surface area contributed by atoms with Crippen molar-refractivity contribution in [2.24, 2.45) is 4.99 Å². The summed E-state index contributed by atoms with van der Waals surface area (Å²) in [6.45, 7) is 17.3. The van der Waals surface area contributed by atoms with Gasteiger partial charge < -0.3 is 15.0 Å². The molecule has 0 radical (unpaired) electrons. The fourth-order valence-corrected chi connectivity index (χ4v) is 2.87. The lowest BCUT2D eigenvalue weighted by Crippen LogP contribution is -2.23. The standard InChI is InChI=1S/C22H29N7O.2C2H6/c1-5-17(15-23-6-2)19-16-26-22-21(25-10-11-29(19)22)27-18-8-9-24-20(14-18)30-13-12-28(4)7-3;2*1-2/h5,8-11,14-16H,6-7,12-13H2,1-4H3,(H,24,25,27);2*1-2H3/b17-5+,23-15?;;. The Morgan fingerprint density at radius 1 is 1.15 bits per heavy atom. The number of likely N-dealkylation sites (N-methyl/N-ethyl adjacent to an activating group) is 1. The number of aromatic nitrogens is 4. The summed E-state index contributed by atoms with van der Waals surface area (Å²) in [7, 11) is 2.06. The molecule has 0 atom stereocenters. The number of pyridine rings is 1. The Labute approximate surface area is 204 Å². The molecule has 0 saturated heterocycles. The van der Waals surface area contributed by atoms with Gasteiger partial charge in [0, 0.05) is 55.2 Å². The minimum absolute atomic E-state index is 0.576. The summed E-state index contributed by atoms with van der Waals surface area (Å²) < 4.78 is 7.78. The minimum Gasteiger partial charge on any atom is -0.476 e. The van der Waals surface area contributed by atoms with Gasteiger partial charge in [0.2, 0.25) is 5.88 Å². The lowest BCUT2D eigenvalue weighted by molar-refractivity contribution is 0.237. The molecule has 0 fully saturated rings. The topological polar surface area (TPSA) is 79.9 Å². The number of hydrogen-bond acceptors (Lipinski definition) is 7. The van der Waals surface area contributed by atoms with E-state index in [1.165, 1.54) is 0 Å². The maximum absolute atomic E-state index is 5.78. The van der Waals surface area contributed by atoms with Crippen LogP contribution in [0.4, 0.5) is 11.5 Å². The fraction of sp³-hybridized carbons (Fsp3) is 0.462. The van der Waals surface area contributed by atoms with Crippen molar-refractivity contribution in [2.75, 3.05) is 38.6 Å². The van der Waals surface area contributed by atoms with Crippen LogP contribution in [0.25, 0.3) is 11.2 Å². The highest BCUT2D eigenvalue weighted by Crippen LogP contribution is 2.23. The minimum atomic E-state index is 0.576. The Hall–Kier alpha value is -3.26. The van der Waals surface area contributed by atoms with Gasteiger partial charge in [-0.15, -0.1) is 0 Å². The van der Waals surface area contributed by atoms with Gasteiger partial charge >= 0.3 is 0 Å². The second-order valence-corrected chi connectivity index (χ2v) is 6.74. The molecule has 3 aromatic heterocycles. The molecule has 0 unspecified atom stereocenters. The highest BCUT2D eigenvalue weighted by atomic mass is 16.5. The molecule has 3 heterocycles. The summed E-state index contributed by atoms with van der Waals surface area (Å²) >= 11 is 0. The predicted octanol–water partition coefficient (Wildman–Crippen LogP) is 5.74. The van der Waals surface area contributed by atoms with Gasteiger partial charge in [-0.2, -0.15) is 0 Å². The van der Waals surface area contributed by atoms with E-state index in [1.807, 2.05) is 82.8 Å². The van der Waals surface area contributed by atoms with E-state index >= 15 is 0 Å². The summed E-state index contributed by atoms with van der Waals surface area (Å²) in [4.78, 5) is 19.9. The van der Waals surface area contributed by atoms with E-state index in [2.05, 4.69) is 44.1 Å². The van der Waals surface area contributed by atoms with Crippen LogP contribution in [0, 0.1) is 0 Å². The monoisotopic (exact) mass is 467 g/mol. The van der Waals surface area contributed by atoms with E-state index < -0.39 is 0 Å². The maximum atomic E-state index is 5.78. The molecule has 0 aliphatic rings. The van der Waals surface area contributed by atoms with Crippen LogP contribution in [-0.2, 0) is 0 Å². The van der Waals surface area contributed by atoms with Crippen LogP contribution in [-0.4, -0.2) is 63.8 Å². The van der Waals surface area contributed by atoms with Gasteiger partial charge in [0.1, 0.15) is 6.61 Å². The van der Waals surface area contributed by atoms with Gasteiger partial charge in [-0.3, -0.25) is 9.39 Å². The first kappa shape index (κ1) is 28.8. The number of ether oxygens (including phenoxy) is 1. The lowest BCUT2D eigenvalue weighted by atomic mass is 10.2. The van der Waals surface area contributed by atoms with Crippen LogP contribution < -0.4 is 10.1 Å². The molecule has 0 aliphatic carbocycles. The van der Waals surface area contributed by atoms with E-state index in [0.717, 1.165) is 42.2 Å². The van der Waals surface area contributed by atoms with Crippen LogP contribution in [0.5, 0.6) is 5.88 Å². The highest BCUT2D eigenvalue weighted by molar-refractivity contribution is 6.09. The highest BCUT2D eigenvalue weighted by Gasteiger charge is 2.11. The lowest BCUT2D eigenvalue weighted by Gasteiger charge is -2.14. The first-order chi connectivity index (χ1) is 16.7. The van der Waals surface area contributed by atoms with Gasteiger partial charge in [0.15, 0.2) is 11.5 Å². The smallest absolute Gasteiger partial charge is 0.215 e. The average molecular weight is 468 g/mol. The van der Waals surface area contributed by atoms with Gasteiger partial charge in [-0.1, -0.05) is 40.7 Å². The molecule has 1 N–H and O–H groups in total. The van der Waals surface area contributed by atoms with Crippen molar-refractivity contribution in [2.45, 2.75) is 48.5 Å². The Balaban J connectivity index is 0.00000137. The molecule has 3 rings (SSSR count). The van der Waals surface area contributed by atoms with Crippen molar-refractivity contribution < 1.29 is 4.74 Å². The number of allylic oxidation sites excluding steroid dienone is 2. The van der Waals surface area contributed by atoms with Crippen LogP contribution in [0.1, 0.15) is 54.2 Å². The summed E-state index contributed by atoms with van der Waals surface area (Å²) in [5.74, 6) is 1.24. The third kappa shape index (κ3) is 8.26. The van der Waals surface area contributed by atoms with Crippen molar-refractivity contribution in [1.29, 1.82) is 0 Å². The first-order valence-electron chi connectivity index (χ1n) is 12.2. The number of nitrogens with one attached hydrogen (secondary N) is 1. The Morgan fingerprint density at radius 3 is 2.59 bits per heavy atom. The normalized spacial score (nSPS) is 11.1. The number of hydrogen-bond donors (Lipinski definition) is 1. The molecule has 0 spiro atoms. The van der Waals surface area contributed by atoms with Gasteiger partial charge in [-0.05, 0) is 33.5 Å². The number of anilines is 2. The summed E-state index contributed by atoms with van der Waals surface area (Å²) in [5.41, 5.74) is 3.56. The number of imidazole rings is 1. The number of aliphatic imine (C=N–C) groups is 1. The molecule has 0 saturated carbocycles. The first-order valence-corrected chi connectivity index (χ1v) is 12.2. The SMILES string of the molecule is C/C=C(\C=NCC)c1cnc2c(Nc3ccnc(OCCN(C)CC)c3)nccn12.CC.CC. The Bertz CT molecular complexity index is 1030. The van der Waals surface area contributed by atoms with Crippen LogP contribution in [0.2, 0.25) is 0 Å². The summed E-state index contributed by atoms with van der Waals surface area (Å²) in [5, 5.41) is 3.33. The van der Waals surface area contributed by atoms with Gasteiger partial charge in [0.05, 0.1) is 11.9 Å². The van der Waals surface area contributed by atoms with Crippen LogP contribution in [0.15, 0.2) is 48.0 Å². The van der Waals surface area contributed by atoms with E-state index in [4.69, 9.17) is 4.74 Å². The van der Waals surface area contributed by atoms with E-state index in [9.17, 15) is 0 Å². The largest absolute Gasteiger partial charge is 0.476 e. The molecule has 8 nitrogen and oxygen atoms in total. The number of nitrogens with zero attached hydrogens (tertiary/aromatic N) is 6. The van der Waals surface area contributed by atoms with Crippen LogP contribution >= 0.6 is 0 Å². The second kappa shape index (κ2) is 16.4. The van der Waals surface area contributed by atoms with Crippen molar-refractivity contribution >= 4 is 28.9 Å². The maximum Gasteiger partial charge on any atom is 0.215 e. The number of fused-ring (bicyclic) bond motifs is 1. The third-order valence-electron chi connectivity index (χ3n) is 4.71. The molecule has 8 heteroatoms. The second-order valence-electron chi connectivity index (χ2n) is 6.74. The Morgan fingerprint density at radius 2 is 1.91 bits per heavy atom. The molecule has 0 bridgehead atoms. The quantitative estimate of drug-likeness (QED) is 0.383. The van der Waals surface area contributed by atoms with Gasteiger partial charge in [0.25, 0.3) is 0 Å². The van der Waals surface area contributed by atoms with E-state index in [-0.39, 0.29) is 0 Å². The molecule has 0 aliphatic heterocycles. The molecular formula is C26H41N7O.